The molecule has 7 nitrogen and oxygen atoms in total. The minimum absolute atomic E-state index is 0.155. The fraction of sp³-hybridized carbons (Fsp3) is 0.692. The molecule has 7 heteroatoms. The number of aliphatic hydroxyl groups excluding tert-OH is 4. The smallest absolute Gasteiger partial charge is 0.186 e. The van der Waals surface area contributed by atoms with E-state index in [0.29, 0.717) is 24.4 Å². The lowest BCUT2D eigenvalue weighted by atomic mass is 9.54. The molecule has 1 aromatic carbocycles. The average molecular weight is 463 g/mol. The fourth-order valence-electron chi connectivity index (χ4n) is 6.38. The Hall–Kier alpha value is -1.48. The molecule has 0 aromatic heterocycles. The average Bonchev–Trinajstić information content (AvgIpc) is 2.83. The second kappa shape index (κ2) is 10.0. The molecule has 1 aliphatic heterocycles. The molecular weight excluding hydrogens is 424 g/mol. The highest BCUT2D eigenvalue weighted by atomic mass is 16.7. The van der Waals surface area contributed by atoms with E-state index in [-0.39, 0.29) is 5.41 Å². The first-order chi connectivity index (χ1) is 15.8. The fourth-order valence-corrected chi connectivity index (χ4v) is 6.38. The molecule has 1 heterocycles. The highest BCUT2D eigenvalue weighted by molar-refractivity contribution is 5.40. The van der Waals surface area contributed by atoms with Gasteiger partial charge >= 0.3 is 0 Å². The third-order valence-electron chi connectivity index (χ3n) is 8.30. The summed E-state index contributed by atoms with van der Waals surface area (Å²) in [6, 6.07) is 6.45. The normalized spacial score (nSPS) is 40.5. The standard InChI is InChI=1S/C26H38O7/c1-4-5-20-19-8-6-15-12-16(31-3)7-9-17(15)18(19)10-11-26(20,2)14-32-25-24(30)23(29)22(28)21(13-27)33-25/h4,7,9,12,18-25,27-30H,1,5-6,8,10-11,13-14H2,2-3H3/t18-,19-,20+,21-,22+,23+,24-,25-,26-/m1/s1. The van der Waals surface area contributed by atoms with Crippen LogP contribution in [0.25, 0.3) is 0 Å². The second-order valence-corrected chi connectivity index (χ2v) is 10.2. The highest BCUT2D eigenvalue weighted by Gasteiger charge is 2.49. The number of allylic oxidation sites excluding steroid dienone is 1. The summed E-state index contributed by atoms with van der Waals surface area (Å²) in [6.07, 6.45) is 0.727. The van der Waals surface area contributed by atoms with Gasteiger partial charge in [-0.2, -0.15) is 0 Å². The topological polar surface area (TPSA) is 109 Å². The highest BCUT2D eigenvalue weighted by Crippen LogP contribution is 2.56. The molecule has 184 valence electrons. The van der Waals surface area contributed by atoms with Gasteiger partial charge in [-0.1, -0.05) is 19.1 Å². The van der Waals surface area contributed by atoms with Crippen LogP contribution < -0.4 is 4.74 Å². The molecule has 4 rings (SSSR count). The van der Waals surface area contributed by atoms with Crippen LogP contribution in [-0.2, 0) is 15.9 Å². The van der Waals surface area contributed by atoms with E-state index in [0.717, 1.165) is 37.9 Å². The quantitative estimate of drug-likeness (QED) is 0.460. The van der Waals surface area contributed by atoms with Gasteiger partial charge in [-0.25, -0.2) is 0 Å². The van der Waals surface area contributed by atoms with Gasteiger partial charge in [-0.3, -0.25) is 0 Å². The third-order valence-corrected chi connectivity index (χ3v) is 8.30. The number of aliphatic hydroxyl groups is 4. The van der Waals surface area contributed by atoms with Gasteiger partial charge in [-0.15, -0.1) is 6.58 Å². The van der Waals surface area contributed by atoms with E-state index in [1.165, 1.54) is 11.1 Å². The molecule has 0 radical (unpaired) electrons. The number of methoxy groups -OCH3 is 1. The molecule has 2 aliphatic carbocycles. The number of rotatable bonds is 7. The molecule has 4 N–H and O–H groups in total. The summed E-state index contributed by atoms with van der Waals surface area (Å²) < 4.78 is 17.0. The Morgan fingerprint density at radius 2 is 1.97 bits per heavy atom. The van der Waals surface area contributed by atoms with Crippen LogP contribution in [0.15, 0.2) is 30.9 Å². The summed E-state index contributed by atoms with van der Waals surface area (Å²) in [7, 11) is 1.70. The van der Waals surface area contributed by atoms with Crippen LogP contribution in [0.2, 0.25) is 0 Å². The van der Waals surface area contributed by atoms with Gasteiger partial charge in [0.2, 0.25) is 0 Å². The monoisotopic (exact) mass is 462 g/mol. The van der Waals surface area contributed by atoms with E-state index in [1.54, 1.807) is 7.11 Å². The number of aryl methyl sites for hydroxylation is 1. The van der Waals surface area contributed by atoms with Crippen molar-refractivity contribution in [2.45, 2.75) is 75.7 Å². The Bertz CT molecular complexity index is 827. The zero-order valence-electron chi connectivity index (χ0n) is 19.6. The minimum atomic E-state index is -1.43. The van der Waals surface area contributed by atoms with Crippen molar-refractivity contribution < 1.29 is 34.6 Å². The van der Waals surface area contributed by atoms with Gasteiger partial charge in [0.05, 0.1) is 20.3 Å². The summed E-state index contributed by atoms with van der Waals surface area (Å²) in [5.74, 6) is 2.25. The van der Waals surface area contributed by atoms with E-state index < -0.39 is 37.3 Å². The molecule has 3 aliphatic rings. The lowest BCUT2D eigenvalue weighted by molar-refractivity contribution is -0.308. The predicted molar refractivity (Wildman–Crippen MR) is 123 cm³/mol. The summed E-state index contributed by atoms with van der Waals surface area (Å²) in [5.41, 5.74) is 2.66. The summed E-state index contributed by atoms with van der Waals surface area (Å²) in [6.45, 7) is 6.13. The summed E-state index contributed by atoms with van der Waals surface area (Å²) >= 11 is 0. The van der Waals surface area contributed by atoms with Crippen LogP contribution in [0.5, 0.6) is 5.75 Å². The molecule has 0 amide bonds. The Balaban J connectivity index is 1.50. The molecule has 0 unspecified atom stereocenters. The molecule has 0 spiro atoms. The van der Waals surface area contributed by atoms with Crippen molar-refractivity contribution in [2.24, 2.45) is 17.3 Å². The van der Waals surface area contributed by atoms with Crippen molar-refractivity contribution in [3.63, 3.8) is 0 Å². The van der Waals surface area contributed by atoms with Crippen molar-refractivity contribution in [3.8, 4) is 5.75 Å². The van der Waals surface area contributed by atoms with Crippen LogP contribution in [0.1, 0.15) is 49.7 Å². The molecule has 9 atom stereocenters. The van der Waals surface area contributed by atoms with Crippen molar-refractivity contribution in [2.75, 3.05) is 20.3 Å². The van der Waals surface area contributed by atoms with Crippen molar-refractivity contribution >= 4 is 0 Å². The van der Waals surface area contributed by atoms with E-state index >= 15 is 0 Å². The van der Waals surface area contributed by atoms with Gasteiger partial charge in [0.1, 0.15) is 30.2 Å². The maximum atomic E-state index is 10.4. The van der Waals surface area contributed by atoms with Crippen LogP contribution in [0, 0.1) is 17.3 Å². The molecule has 0 bridgehead atoms. The Morgan fingerprint density at radius 3 is 2.67 bits per heavy atom. The minimum Gasteiger partial charge on any atom is -0.497 e. The second-order valence-electron chi connectivity index (χ2n) is 10.2. The van der Waals surface area contributed by atoms with Crippen molar-refractivity contribution in [3.05, 3.63) is 42.0 Å². The summed E-state index contributed by atoms with van der Waals surface area (Å²) in [4.78, 5) is 0. The Kier molecular flexibility index (Phi) is 7.48. The number of fused-ring (bicyclic) bond motifs is 3. The maximum absolute atomic E-state index is 10.4. The van der Waals surface area contributed by atoms with Gasteiger partial charge in [0.15, 0.2) is 6.29 Å². The Morgan fingerprint density at radius 1 is 1.18 bits per heavy atom. The lowest BCUT2D eigenvalue weighted by Crippen LogP contribution is -2.59. The van der Waals surface area contributed by atoms with Gasteiger partial charge in [0, 0.05) is 0 Å². The summed E-state index contributed by atoms with van der Waals surface area (Å²) in [5, 5.41) is 40.0. The number of benzene rings is 1. The molecule has 1 saturated heterocycles. The largest absolute Gasteiger partial charge is 0.497 e. The van der Waals surface area contributed by atoms with Gasteiger partial charge in [0.25, 0.3) is 0 Å². The lowest BCUT2D eigenvalue weighted by Gasteiger charge is -2.52. The number of hydrogen-bond acceptors (Lipinski definition) is 7. The molecule has 33 heavy (non-hydrogen) atoms. The SMILES string of the molecule is C=CC[C@H]1[C@@H]2CCc3cc(OC)ccc3[C@H]2CC[C@]1(C)CO[C@@H]1O[C@H](CO)[C@H](O)[C@H](O)[C@H]1O. The van der Waals surface area contributed by atoms with E-state index in [2.05, 4.69) is 31.7 Å². The third kappa shape index (κ3) is 4.59. The first-order valence-corrected chi connectivity index (χ1v) is 12.0. The van der Waals surface area contributed by atoms with Crippen LogP contribution >= 0.6 is 0 Å². The van der Waals surface area contributed by atoms with Crippen LogP contribution in [-0.4, -0.2) is 71.5 Å². The van der Waals surface area contributed by atoms with E-state index in [9.17, 15) is 20.4 Å². The van der Waals surface area contributed by atoms with Gasteiger partial charge in [-0.05, 0) is 78.5 Å². The zero-order valence-corrected chi connectivity index (χ0v) is 19.6. The number of hydrogen-bond donors (Lipinski definition) is 4. The molecule has 1 aromatic rings. The Labute approximate surface area is 196 Å². The van der Waals surface area contributed by atoms with Crippen LogP contribution in [0.3, 0.4) is 0 Å². The van der Waals surface area contributed by atoms with Crippen molar-refractivity contribution in [1.29, 1.82) is 0 Å². The maximum Gasteiger partial charge on any atom is 0.186 e. The molecular formula is C26H38O7. The van der Waals surface area contributed by atoms with Gasteiger partial charge < -0.3 is 34.6 Å². The predicted octanol–water partition coefficient (Wildman–Crippen LogP) is 2.15. The van der Waals surface area contributed by atoms with Crippen molar-refractivity contribution in [1.82, 2.24) is 0 Å². The first-order valence-electron chi connectivity index (χ1n) is 12.0. The number of ether oxygens (including phenoxy) is 3. The zero-order chi connectivity index (χ0) is 23.8. The first kappa shape index (κ1) is 24.6. The van der Waals surface area contributed by atoms with E-state index in [4.69, 9.17) is 14.2 Å². The van der Waals surface area contributed by atoms with E-state index in [1.807, 2.05) is 6.08 Å². The molecule has 2 fully saturated rings. The van der Waals surface area contributed by atoms with Crippen LogP contribution in [0.4, 0.5) is 0 Å². The molecule has 1 saturated carbocycles.